The van der Waals surface area contributed by atoms with E-state index in [1.165, 1.54) is 5.56 Å². The first-order valence-electron chi connectivity index (χ1n) is 9.39. The van der Waals surface area contributed by atoms with Crippen molar-refractivity contribution in [1.82, 2.24) is 10.3 Å². The third kappa shape index (κ3) is 5.84. The van der Waals surface area contributed by atoms with Gasteiger partial charge >= 0.3 is 0 Å². The number of benzene rings is 2. The monoisotopic (exact) mass is 375 g/mol. The average molecular weight is 375 g/mol. The number of carbonyl (C=O) groups is 1. The van der Waals surface area contributed by atoms with E-state index in [4.69, 9.17) is 4.74 Å². The molecule has 0 bridgehead atoms. The predicted molar refractivity (Wildman–Crippen MR) is 112 cm³/mol. The fourth-order valence-electron chi connectivity index (χ4n) is 2.90. The Bertz CT molecular complexity index is 897. The van der Waals surface area contributed by atoms with Gasteiger partial charge in [0.2, 0.25) is 0 Å². The molecule has 0 saturated heterocycles. The molecular formula is C23H25N3O2. The van der Waals surface area contributed by atoms with E-state index < -0.39 is 0 Å². The molecule has 5 nitrogen and oxygen atoms in total. The number of pyridine rings is 1. The highest BCUT2D eigenvalue weighted by molar-refractivity contribution is 5.94. The Morgan fingerprint density at radius 2 is 1.71 bits per heavy atom. The second-order valence-corrected chi connectivity index (χ2v) is 6.45. The molecule has 0 aliphatic carbocycles. The smallest absolute Gasteiger partial charge is 0.251 e. The summed E-state index contributed by atoms with van der Waals surface area (Å²) in [5.74, 6) is 1.43. The van der Waals surface area contributed by atoms with Crippen molar-refractivity contribution in [1.29, 1.82) is 0 Å². The SMILES string of the molecule is COc1cccc(CCNC(=O)c2ccnc(NCCc3ccccc3)c2)c1. The molecule has 0 radical (unpaired) electrons. The van der Waals surface area contributed by atoms with Gasteiger partial charge in [0.15, 0.2) is 0 Å². The van der Waals surface area contributed by atoms with Crippen LogP contribution in [0.15, 0.2) is 72.9 Å². The molecule has 1 amide bonds. The zero-order chi connectivity index (χ0) is 19.6. The number of ether oxygens (including phenoxy) is 1. The fourth-order valence-corrected chi connectivity index (χ4v) is 2.90. The molecule has 2 N–H and O–H groups in total. The average Bonchev–Trinajstić information content (AvgIpc) is 2.75. The maximum atomic E-state index is 12.4. The summed E-state index contributed by atoms with van der Waals surface area (Å²) in [5.41, 5.74) is 2.99. The largest absolute Gasteiger partial charge is 0.497 e. The Labute approximate surface area is 165 Å². The summed E-state index contributed by atoms with van der Waals surface area (Å²) >= 11 is 0. The molecule has 0 saturated carbocycles. The number of nitrogens with one attached hydrogen (secondary N) is 2. The summed E-state index contributed by atoms with van der Waals surface area (Å²) in [4.78, 5) is 16.7. The number of rotatable bonds is 9. The van der Waals surface area contributed by atoms with E-state index in [-0.39, 0.29) is 5.91 Å². The van der Waals surface area contributed by atoms with Crippen LogP contribution in [0.5, 0.6) is 5.75 Å². The summed E-state index contributed by atoms with van der Waals surface area (Å²) in [6, 6.07) is 21.6. The summed E-state index contributed by atoms with van der Waals surface area (Å²) in [6.45, 7) is 1.32. The van der Waals surface area contributed by atoms with Crippen LogP contribution in [0.4, 0.5) is 5.82 Å². The highest BCUT2D eigenvalue weighted by atomic mass is 16.5. The van der Waals surface area contributed by atoms with Gasteiger partial charge in [-0.3, -0.25) is 4.79 Å². The van der Waals surface area contributed by atoms with Crippen molar-refractivity contribution in [2.45, 2.75) is 12.8 Å². The normalized spacial score (nSPS) is 10.3. The predicted octanol–water partition coefficient (Wildman–Crippen LogP) is 3.72. The fraction of sp³-hybridized carbons (Fsp3) is 0.217. The third-order valence-corrected chi connectivity index (χ3v) is 4.42. The standard InChI is InChI=1S/C23H25N3O2/c1-28-21-9-5-8-19(16-21)11-14-26-23(27)20-12-15-25-22(17-20)24-13-10-18-6-3-2-4-7-18/h2-9,12,15-17H,10-11,13-14H2,1H3,(H,24,25)(H,26,27). The van der Waals surface area contributed by atoms with Crippen LogP contribution in [0.25, 0.3) is 0 Å². The van der Waals surface area contributed by atoms with Gasteiger partial charge in [0, 0.05) is 24.8 Å². The molecule has 1 aromatic heterocycles. The number of carbonyl (C=O) groups excluding carboxylic acids is 1. The van der Waals surface area contributed by atoms with Crippen molar-refractivity contribution in [3.63, 3.8) is 0 Å². The summed E-state index contributed by atoms with van der Waals surface area (Å²) in [6.07, 6.45) is 3.30. The number of amides is 1. The van der Waals surface area contributed by atoms with Gasteiger partial charge in [-0.05, 0) is 48.2 Å². The van der Waals surface area contributed by atoms with Gasteiger partial charge in [0.1, 0.15) is 11.6 Å². The first-order valence-corrected chi connectivity index (χ1v) is 9.39. The first kappa shape index (κ1) is 19.4. The van der Waals surface area contributed by atoms with Gasteiger partial charge in [-0.2, -0.15) is 0 Å². The van der Waals surface area contributed by atoms with Crippen molar-refractivity contribution >= 4 is 11.7 Å². The molecule has 0 spiro atoms. The van der Waals surface area contributed by atoms with Crippen molar-refractivity contribution in [2.24, 2.45) is 0 Å². The third-order valence-electron chi connectivity index (χ3n) is 4.42. The van der Waals surface area contributed by atoms with Crippen molar-refractivity contribution in [3.05, 3.63) is 89.6 Å². The van der Waals surface area contributed by atoms with Crippen LogP contribution >= 0.6 is 0 Å². The molecule has 0 fully saturated rings. The Hall–Kier alpha value is -3.34. The Balaban J connectivity index is 1.47. The van der Waals surface area contributed by atoms with E-state index in [1.54, 1.807) is 25.4 Å². The number of methoxy groups -OCH3 is 1. The zero-order valence-electron chi connectivity index (χ0n) is 16.0. The molecule has 3 rings (SSSR count). The number of hydrogen-bond donors (Lipinski definition) is 2. The van der Waals surface area contributed by atoms with Crippen LogP contribution in [0.2, 0.25) is 0 Å². The highest BCUT2D eigenvalue weighted by Gasteiger charge is 2.07. The maximum absolute atomic E-state index is 12.4. The van der Waals surface area contributed by atoms with Crippen molar-refractivity contribution < 1.29 is 9.53 Å². The van der Waals surface area contributed by atoms with Crippen molar-refractivity contribution in [3.8, 4) is 5.75 Å². The minimum Gasteiger partial charge on any atom is -0.497 e. The van der Waals surface area contributed by atoms with E-state index in [0.29, 0.717) is 17.9 Å². The van der Waals surface area contributed by atoms with E-state index in [9.17, 15) is 4.79 Å². The minimum absolute atomic E-state index is 0.101. The molecule has 144 valence electrons. The number of hydrogen-bond acceptors (Lipinski definition) is 4. The lowest BCUT2D eigenvalue weighted by molar-refractivity contribution is 0.0954. The highest BCUT2D eigenvalue weighted by Crippen LogP contribution is 2.13. The summed E-state index contributed by atoms with van der Waals surface area (Å²) < 4.78 is 5.22. The molecule has 3 aromatic rings. The van der Waals surface area contributed by atoms with E-state index in [1.807, 2.05) is 42.5 Å². The van der Waals surface area contributed by atoms with E-state index in [0.717, 1.165) is 30.7 Å². The van der Waals surface area contributed by atoms with Crippen LogP contribution in [0.1, 0.15) is 21.5 Å². The molecule has 28 heavy (non-hydrogen) atoms. The maximum Gasteiger partial charge on any atom is 0.251 e. The van der Waals surface area contributed by atoms with Gasteiger partial charge in [0.05, 0.1) is 7.11 Å². The van der Waals surface area contributed by atoms with Crippen LogP contribution in [0, 0.1) is 0 Å². The minimum atomic E-state index is -0.101. The van der Waals surface area contributed by atoms with Crippen LogP contribution in [-0.4, -0.2) is 31.1 Å². The lowest BCUT2D eigenvalue weighted by atomic mass is 10.1. The molecule has 2 aromatic carbocycles. The molecule has 0 aliphatic rings. The molecule has 0 aliphatic heterocycles. The van der Waals surface area contributed by atoms with Gasteiger partial charge in [-0.15, -0.1) is 0 Å². The Morgan fingerprint density at radius 1 is 0.929 bits per heavy atom. The Morgan fingerprint density at radius 3 is 2.54 bits per heavy atom. The lowest BCUT2D eigenvalue weighted by Gasteiger charge is -2.09. The molecule has 0 atom stereocenters. The quantitative estimate of drug-likeness (QED) is 0.598. The summed E-state index contributed by atoms with van der Waals surface area (Å²) in [5, 5.41) is 6.24. The molecular weight excluding hydrogens is 350 g/mol. The van der Waals surface area contributed by atoms with E-state index in [2.05, 4.69) is 27.8 Å². The molecule has 0 unspecified atom stereocenters. The van der Waals surface area contributed by atoms with Crippen LogP contribution in [-0.2, 0) is 12.8 Å². The van der Waals surface area contributed by atoms with Gasteiger partial charge < -0.3 is 15.4 Å². The van der Waals surface area contributed by atoms with Gasteiger partial charge in [0.25, 0.3) is 5.91 Å². The first-order chi connectivity index (χ1) is 13.7. The zero-order valence-corrected chi connectivity index (χ0v) is 16.0. The van der Waals surface area contributed by atoms with Crippen molar-refractivity contribution in [2.75, 3.05) is 25.5 Å². The Kier molecular flexibility index (Phi) is 7.01. The van der Waals surface area contributed by atoms with Crippen LogP contribution in [0.3, 0.4) is 0 Å². The van der Waals surface area contributed by atoms with Gasteiger partial charge in [-0.1, -0.05) is 42.5 Å². The summed E-state index contributed by atoms with van der Waals surface area (Å²) in [7, 11) is 1.65. The second-order valence-electron chi connectivity index (χ2n) is 6.45. The number of anilines is 1. The molecule has 1 heterocycles. The van der Waals surface area contributed by atoms with Gasteiger partial charge in [-0.25, -0.2) is 4.98 Å². The van der Waals surface area contributed by atoms with E-state index >= 15 is 0 Å². The number of aromatic nitrogens is 1. The topological polar surface area (TPSA) is 63.2 Å². The van der Waals surface area contributed by atoms with Crippen LogP contribution < -0.4 is 15.4 Å². The number of nitrogens with zero attached hydrogens (tertiary/aromatic N) is 1. The lowest BCUT2D eigenvalue weighted by Crippen LogP contribution is -2.25. The molecule has 5 heteroatoms. The second kappa shape index (κ2) is 10.1.